The molecule has 6 heteroatoms. The number of thiocarbonyl (C=S) groups is 1. The molecule has 1 fully saturated rings. The second-order valence-electron chi connectivity index (χ2n) is 7.00. The second kappa shape index (κ2) is 6.43. The van der Waals surface area contributed by atoms with E-state index in [0.717, 1.165) is 10.4 Å². The van der Waals surface area contributed by atoms with Crippen LogP contribution in [0.15, 0.2) is 23.8 Å². The Kier molecular flexibility index (Phi) is 4.94. The number of amides is 1. The molecule has 23 heavy (non-hydrogen) atoms. The molecule has 1 amide bonds. The summed E-state index contributed by atoms with van der Waals surface area (Å²) in [5.74, 6) is -1.00. The van der Waals surface area contributed by atoms with Crippen LogP contribution in [0.3, 0.4) is 0 Å². The van der Waals surface area contributed by atoms with E-state index in [1.165, 1.54) is 4.90 Å². The maximum absolute atomic E-state index is 12.5. The van der Waals surface area contributed by atoms with Gasteiger partial charge in [0.05, 0.1) is 0 Å². The summed E-state index contributed by atoms with van der Waals surface area (Å²) in [5, 5.41) is 9.86. The van der Waals surface area contributed by atoms with Gasteiger partial charge in [0.1, 0.15) is 11.1 Å². The molecule has 0 radical (unpaired) electrons. The lowest BCUT2D eigenvalue weighted by Gasteiger charge is -2.36. The number of hydrogen-bond donors (Lipinski definition) is 1. The number of nitrogens with zero attached hydrogens (tertiary/aromatic N) is 1. The van der Waals surface area contributed by atoms with E-state index in [9.17, 15) is 14.7 Å². The van der Waals surface area contributed by atoms with Crippen LogP contribution in [0.5, 0.6) is 0 Å². The van der Waals surface area contributed by atoms with Crippen LogP contribution in [0.2, 0.25) is 0 Å². The van der Waals surface area contributed by atoms with E-state index >= 15 is 0 Å². The summed E-state index contributed by atoms with van der Waals surface area (Å²) in [5.41, 5.74) is -1.12. The first kappa shape index (κ1) is 17.7. The lowest BCUT2D eigenvalue weighted by atomic mass is 9.85. The molecule has 0 unspecified atom stereocenters. The van der Waals surface area contributed by atoms with Crippen molar-refractivity contribution in [3.05, 3.63) is 23.8 Å². The van der Waals surface area contributed by atoms with Crippen LogP contribution in [0.4, 0.5) is 4.79 Å². The number of carboxylic acid groups (broad SMARTS) is 1. The topological polar surface area (TPSA) is 66.8 Å². The number of rotatable bonds is 3. The first-order valence-electron chi connectivity index (χ1n) is 7.79. The highest BCUT2D eigenvalue weighted by Crippen LogP contribution is 2.37. The fourth-order valence-corrected chi connectivity index (χ4v) is 3.24. The van der Waals surface area contributed by atoms with Gasteiger partial charge in [-0.3, -0.25) is 4.90 Å². The molecule has 0 aromatic rings. The Labute approximate surface area is 142 Å². The van der Waals surface area contributed by atoms with Crippen molar-refractivity contribution in [3.8, 4) is 0 Å². The lowest BCUT2D eigenvalue weighted by Crippen LogP contribution is -2.54. The Morgan fingerprint density at radius 1 is 1.43 bits per heavy atom. The quantitative estimate of drug-likeness (QED) is 0.799. The van der Waals surface area contributed by atoms with Crippen molar-refractivity contribution in [1.29, 1.82) is 0 Å². The van der Waals surface area contributed by atoms with E-state index in [1.807, 2.05) is 18.2 Å². The second-order valence-corrected chi connectivity index (χ2v) is 7.49. The molecule has 0 saturated carbocycles. The molecular weight excluding hydrogens is 314 g/mol. The molecule has 0 aromatic carbocycles. The van der Waals surface area contributed by atoms with Crippen LogP contribution in [0.25, 0.3) is 0 Å². The van der Waals surface area contributed by atoms with Gasteiger partial charge in [-0.15, -0.1) is 0 Å². The number of carboxylic acids is 1. The van der Waals surface area contributed by atoms with Crippen LogP contribution in [0, 0.1) is 0 Å². The minimum atomic E-state index is -1.27. The highest BCUT2D eigenvalue weighted by molar-refractivity contribution is 7.80. The smallest absolute Gasteiger partial charge is 0.411 e. The highest BCUT2D eigenvalue weighted by Gasteiger charge is 2.51. The summed E-state index contributed by atoms with van der Waals surface area (Å²) in [6.07, 6.45) is 7.02. The van der Waals surface area contributed by atoms with Crippen molar-refractivity contribution in [2.75, 3.05) is 6.54 Å². The van der Waals surface area contributed by atoms with Crippen molar-refractivity contribution in [2.45, 2.75) is 57.6 Å². The number of likely N-dealkylation sites (tertiary alicyclic amines) is 1. The Balaban J connectivity index is 2.29. The molecule has 1 heterocycles. The molecule has 1 saturated heterocycles. The summed E-state index contributed by atoms with van der Waals surface area (Å²) in [4.78, 5) is 26.6. The fourth-order valence-electron chi connectivity index (χ4n) is 3.00. The van der Waals surface area contributed by atoms with Crippen LogP contribution >= 0.6 is 12.2 Å². The van der Waals surface area contributed by atoms with Gasteiger partial charge in [0.15, 0.2) is 0 Å². The van der Waals surface area contributed by atoms with Crippen LogP contribution < -0.4 is 0 Å². The molecule has 2 rings (SSSR count). The minimum absolute atomic E-state index is 0.227. The molecule has 1 aliphatic heterocycles. The number of ether oxygens (including phenoxy) is 1. The molecule has 2 aliphatic rings. The van der Waals surface area contributed by atoms with Gasteiger partial charge in [-0.1, -0.05) is 30.4 Å². The molecular formula is C17H23NO4S. The van der Waals surface area contributed by atoms with Gasteiger partial charge < -0.3 is 9.84 Å². The molecule has 0 spiro atoms. The maximum atomic E-state index is 12.5. The zero-order valence-electron chi connectivity index (χ0n) is 13.8. The van der Waals surface area contributed by atoms with Crippen molar-refractivity contribution in [3.63, 3.8) is 0 Å². The van der Waals surface area contributed by atoms with Gasteiger partial charge in [-0.05, 0) is 39.2 Å². The molecule has 1 N–H and O–H groups in total. The van der Waals surface area contributed by atoms with Gasteiger partial charge in [0.2, 0.25) is 0 Å². The van der Waals surface area contributed by atoms with E-state index < -0.39 is 23.2 Å². The summed E-state index contributed by atoms with van der Waals surface area (Å²) in [6.45, 7) is 5.70. The summed E-state index contributed by atoms with van der Waals surface area (Å²) < 4.78 is 5.40. The number of carbonyl (C=O) groups excluding carboxylic acids is 1. The van der Waals surface area contributed by atoms with E-state index in [4.69, 9.17) is 17.0 Å². The summed E-state index contributed by atoms with van der Waals surface area (Å²) in [6, 6.07) is 0. The third-order valence-corrected chi connectivity index (χ3v) is 4.51. The Bertz CT molecular complexity index is 588. The zero-order valence-corrected chi connectivity index (χ0v) is 14.6. The SMILES string of the molecule is CC(C)(C)OC(=O)N1CCC[C@@]1(CC1=CC=CCC1=S)C(=O)O. The Morgan fingerprint density at radius 3 is 2.70 bits per heavy atom. The summed E-state index contributed by atoms with van der Waals surface area (Å²) >= 11 is 5.34. The minimum Gasteiger partial charge on any atom is -0.479 e. The normalized spacial score (nSPS) is 24.6. The van der Waals surface area contributed by atoms with Crippen LogP contribution in [-0.4, -0.2) is 44.6 Å². The van der Waals surface area contributed by atoms with Crippen molar-refractivity contribution in [2.24, 2.45) is 0 Å². The fraction of sp³-hybridized carbons (Fsp3) is 0.588. The van der Waals surface area contributed by atoms with Crippen LogP contribution in [-0.2, 0) is 9.53 Å². The standard InChI is InChI=1S/C17H23NO4S/c1-16(2,3)22-15(21)18-10-6-9-17(18,14(19)20)11-12-7-4-5-8-13(12)23/h4-5,7H,6,8-11H2,1-3H3,(H,19,20)/t17-/m1/s1. The van der Waals surface area contributed by atoms with Gasteiger partial charge in [-0.25, -0.2) is 9.59 Å². The number of carbonyl (C=O) groups is 2. The number of allylic oxidation sites excluding steroid dienone is 3. The molecule has 0 bridgehead atoms. The molecule has 1 aliphatic carbocycles. The first-order chi connectivity index (χ1) is 10.7. The Morgan fingerprint density at radius 2 is 2.13 bits per heavy atom. The molecule has 1 atom stereocenters. The molecule has 5 nitrogen and oxygen atoms in total. The van der Waals surface area contributed by atoms with E-state index in [2.05, 4.69) is 0 Å². The van der Waals surface area contributed by atoms with E-state index in [-0.39, 0.29) is 6.42 Å². The van der Waals surface area contributed by atoms with E-state index in [0.29, 0.717) is 25.8 Å². The van der Waals surface area contributed by atoms with Gasteiger partial charge in [0.25, 0.3) is 0 Å². The zero-order chi connectivity index (χ0) is 17.3. The van der Waals surface area contributed by atoms with Crippen molar-refractivity contribution < 1.29 is 19.4 Å². The highest BCUT2D eigenvalue weighted by atomic mass is 32.1. The monoisotopic (exact) mass is 337 g/mol. The predicted octanol–water partition coefficient (Wildman–Crippen LogP) is 3.49. The first-order valence-corrected chi connectivity index (χ1v) is 8.19. The molecule has 0 aromatic heterocycles. The van der Waals surface area contributed by atoms with Crippen LogP contribution in [0.1, 0.15) is 46.5 Å². The summed E-state index contributed by atoms with van der Waals surface area (Å²) in [7, 11) is 0. The average Bonchev–Trinajstić information content (AvgIpc) is 2.84. The number of aliphatic carboxylic acids is 1. The van der Waals surface area contributed by atoms with Crippen molar-refractivity contribution in [1.82, 2.24) is 4.90 Å². The third kappa shape index (κ3) is 3.80. The van der Waals surface area contributed by atoms with Crippen molar-refractivity contribution >= 4 is 29.1 Å². The average molecular weight is 337 g/mol. The van der Waals surface area contributed by atoms with Gasteiger partial charge >= 0.3 is 12.1 Å². The van der Waals surface area contributed by atoms with Gasteiger partial charge in [0, 0.05) is 24.3 Å². The maximum Gasteiger partial charge on any atom is 0.411 e. The van der Waals surface area contributed by atoms with E-state index in [1.54, 1.807) is 20.8 Å². The number of hydrogen-bond acceptors (Lipinski definition) is 4. The lowest BCUT2D eigenvalue weighted by molar-refractivity contribution is -0.149. The predicted molar refractivity (Wildman–Crippen MR) is 91.6 cm³/mol. The largest absolute Gasteiger partial charge is 0.479 e. The van der Waals surface area contributed by atoms with Gasteiger partial charge in [-0.2, -0.15) is 0 Å². The Hall–Kier alpha value is -1.69. The molecule has 126 valence electrons. The third-order valence-electron chi connectivity index (χ3n) is 4.08.